The first-order chi connectivity index (χ1) is 17.1. The van der Waals surface area contributed by atoms with Crippen molar-refractivity contribution in [2.24, 2.45) is 0 Å². The molecule has 0 amide bonds. The van der Waals surface area contributed by atoms with E-state index in [4.69, 9.17) is 19.0 Å². The summed E-state index contributed by atoms with van der Waals surface area (Å²) in [4.78, 5) is 15.9. The predicted molar refractivity (Wildman–Crippen MR) is 130 cm³/mol. The van der Waals surface area contributed by atoms with Gasteiger partial charge in [0.25, 0.3) is 0 Å². The number of anilines is 3. The van der Waals surface area contributed by atoms with Crippen molar-refractivity contribution in [2.45, 2.75) is 32.7 Å². The molecule has 0 aromatic carbocycles. The van der Waals surface area contributed by atoms with Crippen LogP contribution in [-0.2, 0) is 4.74 Å². The van der Waals surface area contributed by atoms with Crippen LogP contribution < -0.4 is 15.0 Å². The highest BCUT2D eigenvalue weighted by Gasteiger charge is 2.32. The van der Waals surface area contributed by atoms with E-state index in [2.05, 4.69) is 35.5 Å². The van der Waals surface area contributed by atoms with Crippen LogP contribution in [0.4, 0.5) is 17.6 Å². The van der Waals surface area contributed by atoms with E-state index in [1.54, 1.807) is 19.4 Å². The molecule has 1 fully saturated rings. The van der Waals surface area contributed by atoms with Crippen LogP contribution in [0.25, 0.3) is 11.3 Å². The summed E-state index contributed by atoms with van der Waals surface area (Å²) in [5.74, 6) is 3.03. The summed E-state index contributed by atoms with van der Waals surface area (Å²) in [6.07, 6.45) is 3.65. The van der Waals surface area contributed by atoms with Gasteiger partial charge in [-0.3, -0.25) is 10.1 Å². The maximum atomic E-state index is 5.83. The maximum absolute atomic E-state index is 5.83. The lowest BCUT2D eigenvalue weighted by molar-refractivity contribution is 0.143. The molecule has 0 saturated carbocycles. The number of aromatic nitrogens is 6. The van der Waals surface area contributed by atoms with Crippen molar-refractivity contribution in [3.63, 3.8) is 0 Å². The van der Waals surface area contributed by atoms with Crippen LogP contribution in [0.15, 0.2) is 41.1 Å². The number of hydrogen-bond acceptors (Lipinski definition) is 10. The summed E-state index contributed by atoms with van der Waals surface area (Å²) in [7, 11) is 1.63. The van der Waals surface area contributed by atoms with Gasteiger partial charge in [-0.15, -0.1) is 0 Å². The summed E-state index contributed by atoms with van der Waals surface area (Å²) < 4.78 is 16.7. The zero-order valence-corrected chi connectivity index (χ0v) is 20.0. The molecule has 5 rings (SSSR count). The fourth-order valence-corrected chi connectivity index (χ4v) is 4.15. The molecule has 0 radical (unpaired) electrons. The second kappa shape index (κ2) is 10.1. The van der Waals surface area contributed by atoms with Gasteiger partial charge in [0.05, 0.1) is 12.6 Å². The monoisotopic (exact) mass is 476 g/mol. The van der Waals surface area contributed by atoms with Gasteiger partial charge in [0.1, 0.15) is 18.1 Å². The van der Waals surface area contributed by atoms with Crippen molar-refractivity contribution in [1.29, 1.82) is 0 Å². The molecule has 0 aliphatic carbocycles. The fraction of sp³-hybridized carbons (Fsp3) is 0.375. The molecule has 4 aromatic heterocycles. The van der Waals surface area contributed by atoms with Gasteiger partial charge < -0.3 is 24.2 Å². The number of ether oxygens (including phenoxy) is 2. The van der Waals surface area contributed by atoms with Crippen LogP contribution in [0, 0.1) is 13.8 Å². The molecule has 1 atom stereocenters. The van der Waals surface area contributed by atoms with E-state index >= 15 is 0 Å². The molecule has 1 saturated heterocycles. The minimum atomic E-state index is -0.0390. The minimum Gasteiger partial charge on any atom is -0.475 e. The van der Waals surface area contributed by atoms with Crippen molar-refractivity contribution in [1.82, 2.24) is 30.3 Å². The molecule has 11 nitrogen and oxygen atoms in total. The molecule has 4 aromatic rings. The van der Waals surface area contributed by atoms with Crippen LogP contribution in [-0.4, -0.2) is 57.2 Å². The summed E-state index contributed by atoms with van der Waals surface area (Å²) in [6.45, 7) is 5.53. The molecule has 182 valence electrons. The average molecular weight is 477 g/mol. The van der Waals surface area contributed by atoms with Gasteiger partial charge in [0, 0.05) is 55.0 Å². The number of aryl methyl sites for hydroxylation is 2. The first kappa shape index (κ1) is 22.8. The maximum Gasteiger partial charge on any atom is 0.231 e. The lowest BCUT2D eigenvalue weighted by Gasteiger charge is -2.23. The van der Waals surface area contributed by atoms with Crippen LogP contribution in [0.3, 0.4) is 0 Å². The van der Waals surface area contributed by atoms with E-state index < -0.39 is 0 Å². The van der Waals surface area contributed by atoms with E-state index in [0.29, 0.717) is 36.7 Å². The van der Waals surface area contributed by atoms with Crippen molar-refractivity contribution in [3.8, 4) is 17.1 Å². The Kier molecular flexibility index (Phi) is 6.57. The fourth-order valence-electron chi connectivity index (χ4n) is 4.15. The van der Waals surface area contributed by atoms with E-state index in [-0.39, 0.29) is 6.04 Å². The highest BCUT2D eigenvalue weighted by molar-refractivity contribution is 5.62. The Hall–Kier alpha value is -3.99. The SMILES string of the molecule is COCCOc1cc(Nc2cc(C)[nH]n2)nc(N2CCC[C@H]2c2cc(-c3cccnc3C)no2)n1. The number of nitrogens with zero attached hydrogens (tertiary/aromatic N) is 6. The van der Waals surface area contributed by atoms with E-state index in [0.717, 1.165) is 47.8 Å². The highest BCUT2D eigenvalue weighted by atomic mass is 16.5. The second-order valence-electron chi connectivity index (χ2n) is 8.40. The lowest BCUT2D eigenvalue weighted by atomic mass is 10.1. The van der Waals surface area contributed by atoms with Gasteiger partial charge in [-0.1, -0.05) is 5.16 Å². The third-order valence-corrected chi connectivity index (χ3v) is 5.84. The number of H-pyrrole nitrogens is 1. The molecule has 1 aliphatic rings. The Labute approximate surface area is 202 Å². The summed E-state index contributed by atoms with van der Waals surface area (Å²) >= 11 is 0. The van der Waals surface area contributed by atoms with Crippen LogP contribution in [0.2, 0.25) is 0 Å². The normalized spacial score (nSPS) is 15.5. The Bertz CT molecular complexity index is 1290. The number of methoxy groups -OCH3 is 1. The molecular weight excluding hydrogens is 448 g/mol. The molecule has 0 unspecified atom stereocenters. The minimum absolute atomic E-state index is 0.0390. The third-order valence-electron chi connectivity index (χ3n) is 5.84. The standard InChI is InChI=1S/C24H28N8O3/c1-15-12-22(30-29-15)26-21-14-23(34-11-10-33-3)28-24(27-21)32-9-5-7-19(32)20-13-18(31-35-20)17-6-4-8-25-16(17)2/h4,6,8,12-14,19H,5,7,9-11H2,1-3H3,(H2,26,27,28,29,30)/t19-/m0/s1. The molecule has 5 heterocycles. The Balaban J connectivity index is 1.43. The average Bonchev–Trinajstić information content (AvgIpc) is 3.60. The first-order valence-electron chi connectivity index (χ1n) is 11.6. The van der Waals surface area contributed by atoms with Crippen LogP contribution in [0.5, 0.6) is 5.88 Å². The zero-order valence-electron chi connectivity index (χ0n) is 20.0. The van der Waals surface area contributed by atoms with E-state index in [1.807, 2.05) is 38.1 Å². The summed E-state index contributed by atoms with van der Waals surface area (Å²) in [6, 6.07) is 9.50. The smallest absolute Gasteiger partial charge is 0.231 e. The predicted octanol–water partition coefficient (Wildman–Crippen LogP) is 3.98. The van der Waals surface area contributed by atoms with Gasteiger partial charge in [0.15, 0.2) is 11.6 Å². The number of nitrogens with one attached hydrogen (secondary N) is 2. The van der Waals surface area contributed by atoms with Gasteiger partial charge >= 0.3 is 0 Å². The van der Waals surface area contributed by atoms with Crippen molar-refractivity contribution in [2.75, 3.05) is 37.1 Å². The first-order valence-corrected chi connectivity index (χ1v) is 11.6. The Morgan fingerprint density at radius 1 is 1.17 bits per heavy atom. The Morgan fingerprint density at radius 2 is 2.09 bits per heavy atom. The molecule has 35 heavy (non-hydrogen) atoms. The van der Waals surface area contributed by atoms with Gasteiger partial charge in [0.2, 0.25) is 11.8 Å². The molecule has 0 bridgehead atoms. The molecule has 0 spiro atoms. The van der Waals surface area contributed by atoms with Crippen LogP contribution in [0.1, 0.15) is 36.0 Å². The van der Waals surface area contributed by atoms with Crippen LogP contribution >= 0.6 is 0 Å². The third kappa shape index (κ3) is 5.09. The van der Waals surface area contributed by atoms with Crippen molar-refractivity contribution in [3.05, 3.63) is 53.7 Å². The summed E-state index contributed by atoms with van der Waals surface area (Å²) in [5, 5.41) is 14.7. The quantitative estimate of drug-likeness (QED) is 0.342. The number of rotatable bonds is 9. The lowest BCUT2D eigenvalue weighted by Crippen LogP contribution is -2.25. The molecule has 2 N–H and O–H groups in total. The van der Waals surface area contributed by atoms with Gasteiger partial charge in [-0.2, -0.15) is 15.1 Å². The van der Waals surface area contributed by atoms with E-state index in [1.165, 1.54) is 0 Å². The van der Waals surface area contributed by atoms with Gasteiger partial charge in [-0.05, 0) is 38.8 Å². The van der Waals surface area contributed by atoms with E-state index in [9.17, 15) is 0 Å². The Morgan fingerprint density at radius 3 is 2.89 bits per heavy atom. The second-order valence-corrected chi connectivity index (χ2v) is 8.40. The number of pyridine rings is 1. The number of aromatic amines is 1. The molecule has 1 aliphatic heterocycles. The highest BCUT2D eigenvalue weighted by Crippen LogP contribution is 2.37. The largest absolute Gasteiger partial charge is 0.475 e. The van der Waals surface area contributed by atoms with Crippen molar-refractivity contribution >= 4 is 17.6 Å². The van der Waals surface area contributed by atoms with Gasteiger partial charge in [-0.25, -0.2) is 0 Å². The molecule has 11 heteroatoms. The number of hydrogen-bond donors (Lipinski definition) is 2. The topological polar surface area (TPSA) is 127 Å². The summed E-state index contributed by atoms with van der Waals surface area (Å²) in [5.41, 5.74) is 3.58. The molecular formula is C24H28N8O3. The van der Waals surface area contributed by atoms with Crippen molar-refractivity contribution < 1.29 is 14.0 Å². The zero-order chi connectivity index (χ0) is 24.2.